The highest BCUT2D eigenvalue weighted by Crippen LogP contribution is 2.23. The summed E-state index contributed by atoms with van der Waals surface area (Å²) in [4.78, 5) is 26.2. The molecule has 0 unspecified atom stereocenters. The molecule has 1 aromatic rings. The number of anilines is 2. The lowest BCUT2D eigenvalue weighted by molar-refractivity contribution is -0.121. The minimum absolute atomic E-state index is 0.115. The SMILES string of the molecule is CC(C)(C)OC(=O)N1CCC[C@@H](C(=O)Nc2ccccc2N)C1. The fraction of sp³-hybridized carbons (Fsp3) is 0.529. The van der Waals surface area contributed by atoms with E-state index in [1.807, 2.05) is 32.9 Å². The normalized spacial score (nSPS) is 18.4. The summed E-state index contributed by atoms with van der Waals surface area (Å²) in [6.07, 6.45) is 1.16. The van der Waals surface area contributed by atoms with Crippen LogP contribution in [0.1, 0.15) is 33.6 Å². The first-order chi connectivity index (χ1) is 10.8. The summed E-state index contributed by atoms with van der Waals surface area (Å²) in [5, 5.41) is 2.84. The van der Waals surface area contributed by atoms with Crippen molar-refractivity contribution >= 4 is 23.4 Å². The van der Waals surface area contributed by atoms with Crippen molar-refractivity contribution in [3.63, 3.8) is 0 Å². The van der Waals surface area contributed by atoms with Crippen molar-refractivity contribution in [2.24, 2.45) is 5.92 Å². The van der Waals surface area contributed by atoms with Crippen LogP contribution in [0.3, 0.4) is 0 Å². The molecule has 23 heavy (non-hydrogen) atoms. The standard InChI is InChI=1S/C17H25N3O3/c1-17(2,3)23-16(22)20-10-6-7-12(11-20)15(21)19-14-9-5-4-8-13(14)18/h4-5,8-9,12H,6-7,10-11,18H2,1-3H3,(H,19,21)/t12-/m1/s1. The van der Waals surface area contributed by atoms with E-state index < -0.39 is 5.60 Å². The molecule has 126 valence electrons. The molecule has 0 aromatic heterocycles. The molecule has 1 heterocycles. The molecule has 1 atom stereocenters. The summed E-state index contributed by atoms with van der Waals surface area (Å²) in [6, 6.07) is 7.14. The van der Waals surface area contributed by atoms with Crippen LogP contribution in [0.15, 0.2) is 24.3 Å². The van der Waals surface area contributed by atoms with Gasteiger partial charge in [-0.15, -0.1) is 0 Å². The minimum Gasteiger partial charge on any atom is -0.444 e. The molecule has 1 aliphatic heterocycles. The maximum absolute atomic E-state index is 12.4. The Hall–Kier alpha value is -2.24. The van der Waals surface area contributed by atoms with E-state index in [0.717, 1.165) is 12.8 Å². The number of likely N-dealkylation sites (tertiary alicyclic amines) is 1. The van der Waals surface area contributed by atoms with Gasteiger partial charge in [0.1, 0.15) is 5.60 Å². The third kappa shape index (κ3) is 4.87. The smallest absolute Gasteiger partial charge is 0.410 e. The summed E-state index contributed by atoms with van der Waals surface area (Å²) in [5.41, 5.74) is 6.44. The van der Waals surface area contributed by atoms with Crippen LogP contribution in [0.2, 0.25) is 0 Å². The van der Waals surface area contributed by atoms with Crippen LogP contribution < -0.4 is 11.1 Å². The predicted molar refractivity (Wildman–Crippen MR) is 90.0 cm³/mol. The van der Waals surface area contributed by atoms with Gasteiger partial charge >= 0.3 is 6.09 Å². The first kappa shape index (κ1) is 17.1. The van der Waals surface area contributed by atoms with Crippen molar-refractivity contribution in [2.75, 3.05) is 24.1 Å². The Balaban J connectivity index is 1.96. The second kappa shape index (κ2) is 6.89. The maximum Gasteiger partial charge on any atom is 0.410 e. The van der Waals surface area contributed by atoms with Crippen molar-refractivity contribution in [2.45, 2.75) is 39.2 Å². The lowest BCUT2D eigenvalue weighted by atomic mass is 9.97. The molecule has 2 amide bonds. The van der Waals surface area contributed by atoms with Crippen molar-refractivity contribution in [3.05, 3.63) is 24.3 Å². The van der Waals surface area contributed by atoms with E-state index in [9.17, 15) is 9.59 Å². The Bertz CT molecular complexity index is 581. The Kier molecular flexibility index (Phi) is 5.13. The Labute approximate surface area is 137 Å². The number of rotatable bonds is 2. The number of piperidine rings is 1. The number of nitrogen functional groups attached to an aromatic ring is 1. The zero-order valence-corrected chi connectivity index (χ0v) is 14.0. The van der Waals surface area contributed by atoms with Gasteiger partial charge in [0.2, 0.25) is 5.91 Å². The van der Waals surface area contributed by atoms with Gasteiger partial charge in [0.05, 0.1) is 17.3 Å². The van der Waals surface area contributed by atoms with Crippen LogP contribution in [-0.2, 0) is 9.53 Å². The molecule has 1 saturated heterocycles. The summed E-state index contributed by atoms with van der Waals surface area (Å²) >= 11 is 0. The summed E-state index contributed by atoms with van der Waals surface area (Å²) in [5.74, 6) is -0.368. The molecule has 6 nitrogen and oxygen atoms in total. The van der Waals surface area contributed by atoms with Crippen molar-refractivity contribution < 1.29 is 14.3 Å². The van der Waals surface area contributed by atoms with Crippen LogP contribution in [0, 0.1) is 5.92 Å². The number of nitrogens with zero attached hydrogens (tertiary/aromatic N) is 1. The van der Waals surface area contributed by atoms with Crippen molar-refractivity contribution in [1.29, 1.82) is 0 Å². The topological polar surface area (TPSA) is 84.7 Å². The second-order valence-electron chi connectivity index (χ2n) is 6.84. The first-order valence-corrected chi connectivity index (χ1v) is 7.89. The second-order valence-corrected chi connectivity index (χ2v) is 6.84. The van der Waals surface area contributed by atoms with Crippen LogP contribution in [0.25, 0.3) is 0 Å². The molecule has 1 fully saturated rings. The van der Waals surface area contributed by atoms with Crippen molar-refractivity contribution in [3.8, 4) is 0 Å². The number of hydrogen-bond acceptors (Lipinski definition) is 4. The van der Waals surface area contributed by atoms with Gasteiger partial charge < -0.3 is 20.7 Å². The molecule has 0 radical (unpaired) electrons. The molecule has 0 aliphatic carbocycles. The number of para-hydroxylation sites is 2. The van der Waals surface area contributed by atoms with Gasteiger partial charge in [-0.05, 0) is 45.7 Å². The van der Waals surface area contributed by atoms with Gasteiger partial charge in [0.15, 0.2) is 0 Å². The van der Waals surface area contributed by atoms with Crippen LogP contribution >= 0.6 is 0 Å². The lowest BCUT2D eigenvalue weighted by Crippen LogP contribution is -2.45. The van der Waals surface area contributed by atoms with Gasteiger partial charge in [-0.1, -0.05) is 12.1 Å². The third-order valence-electron chi connectivity index (χ3n) is 3.66. The van der Waals surface area contributed by atoms with Crippen LogP contribution in [0.4, 0.5) is 16.2 Å². The van der Waals surface area contributed by atoms with Gasteiger partial charge in [-0.25, -0.2) is 4.79 Å². The zero-order chi connectivity index (χ0) is 17.0. The molecule has 1 aliphatic rings. The maximum atomic E-state index is 12.4. The number of ether oxygens (including phenoxy) is 1. The Morgan fingerprint density at radius 1 is 1.30 bits per heavy atom. The first-order valence-electron chi connectivity index (χ1n) is 7.89. The lowest BCUT2D eigenvalue weighted by Gasteiger charge is -2.33. The molecule has 1 aromatic carbocycles. The van der Waals surface area contributed by atoms with Gasteiger partial charge in [-0.2, -0.15) is 0 Å². The quantitative estimate of drug-likeness (QED) is 0.821. The molecule has 6 heteroatoms. The van der Waals surface area contributed by atoms with Gasteiger partial charge in [0, 0.05) is 13.1 Å². The largest absolute Gasteiger partial charge is 0.444 e. The number of nitrogens with two attached hydrogens (primary N) is 1. The average molecular weight is 319 g/mol. The van der Waals surface area contributed by atoms with E-state index in [1.54, 1.807) is 17.0 Å². The predicted octanol–water partition coefficient (Wildman–Crippen LogP) is 2.85. The van der Waals surface area contributed by atoms with E-state index >= 15 is 0 Å². The fourth-order valence-corrected chi connectivity index (χ4v) is 2.53. The molecule has 2 rings (SSSR count). The molecular weight excluding hydrogens is 294 g/mol. The van der Waals surface area contributed by atoms with E-state index in [1.165, 1.54) is 0 Å². The van der Waals surface area contributed by atoms with Crippen LogP contribution in [0.5, 0.6) is 0 Å². The summed E-state index contributed by atoms with van der Waals surface area (Å²) in [7, 11) is 0. The highest BCUT2D eigenvalue weighted by molar-refractivity contribution is 5.95. The van der Waals surface area contributed by atoms with Gasteiger partial charge in [-0.3, -0.25) is 4.79 Å². The van der Waals surface area contributed by atoms with E-state index in [-0.39, 0.29) is 17.9 Å². The zero-order valence-electron chi connectivity index (χ0n) is 14.0. The van der Waals surface area contributed by atoms with Crippen molar-refractivity contribution in [1.82, 2.24) is 4.90 Å². The van der Waals surface area contributed by atoms with Crippen LogP contribution in [-0.4, -0.2) is 35.6 Å². The van der Waals surface area contributed by atoms with E-state index in [2.05, 4.69) is 5.32 Å². The van der Waals surface area contributed by atoms with E-state index in [0.29, 0.717) is 24.5 Å². The number of hydrogen-bond donors (Lipinski definition) is 2. The number of benzene rings is 1. The highest BCUT2D eigenvalue weighted by atomic mass is 16.6. The van der Waals surface area contributed by atoms with E-state index in [4.69, 9.17) is 10.5 Å². The van der Waals surface area contributed by atoms with Gasteiger partial charge in [0.25, 0.3) is 0 Å². The minimum atomic E-state index is -0.537. The Morgan fingerprint density at radius 3 is 2.65 bits per heavy atom. The summed E-state index contributed by atoms with van der Waals surface area (Å²) in [6.45, 7) is 6.48. The molecule has 3 N–H and O–H groups in total. The number of carbonyl (C=O) groups is 2. The average Bonchev–Trinajstić information content (AvgIpc) is 2.48. The molecule has 0 spiro atoms. The molecular formula is C17H25N3O3. The number of carbonyl (C=O) groups excluding carboxylic acids is 2. The Morgan fingerprint density at radius 2 is 2.00 bits per heavy atom. The third-order valence-corrected chi connectivity index (χ3v) is 3.66. The highest BCUT2D eigenvalue weighted by Gasteiger charge is 2.31. The molecule has 0 saturated carbocycles. The fourth-order valence-electron chi connectivity index (χ4n) is 2.53. The number of amides is 2. The molecule has 0 bridgehead atoms. The number of nitrogens with one attached hydrogen (secondary N) is 1. The monoisotopic (exact) mass is 319 g/mol. The summed E-state index contributed by atoms with van der Waals surface area (Å²) < 4.78 is 5.38.